The Balaban J connectivity index is 2.07. The van der Waals surface area contributed by atoms with Crippen LogP contribution in [0.1, 0.15) is 44.4 Å². The van der Waals surface area contributed by atoms with Crippen molar-refractivity contribution >= 4 is 0 Å². The predicted molar refractivity (Wildman–Crippen MR) is 83.8 cm³/mol. The zero-order chi connectivity index (χ0) is 14.5. The van der Waals surface area contributed by atoms with Crippen molar-refractivity contribution in [2.75, 3.05) is 19.8 Å². The van der Waals surface area contributed by atoms with E-state index >= 15 is 0 Å². The van der Waals surface area contributed by atoms with Gasteiger partial charge in [0.2, 0.25) is 0 Å². The van der Waals surface area contributed by atoms with E-state index in [4.69, 9.17) is 10.5 Å². The van der Waals surface area contributed by atoms with Gasteiger partial charge in [-0.2, -0.15) is 0 Å². The van der Waals surface area contributed by atoms with Gasteiger partial charge in [0.05, 0.1) is 13.2 Å². The fraction of sp³-hybridized carbons (Fsp3) is 0.647. The van der Waals surface area contributed by atoms with Crippen LogP contribution in [0.4, 0.5) is 0 Å². The van der Waals surface area contributed by atoms with Gasteiger partial charge >= 0.3 is 0 Å². The zero-order valence-corrected chi connectivity index (χ0v) is 13.0. The van der Waals surface area contributed by atoms with Gasteiger partial charge in [-0.1, -0.05) is 38.1 Å². The summed E-state index contributed by atoms with van der Waals surface area (Å²) in [4.78, 5) is 2.52. The number of aryl methyl sites for hydroxylation is 1. The highest BCUT2D eigenvalue weighted by molar-refractivity contribution is 5.25. The fourth-order valence-electron chi connectivity index (χ4n) is 3.02. The fourth-order valence-corrected chi connectivity index (χ4v) is 3.02. The Morgan fingerprint density at radius 3 is 2.60 bits per heavy atom. The molecular weight excluding hydrogens is 248 g/mol. The molecule has 2 rings (SSSR count). The molecule has 1 aromatic rings. The lowest BCUT2D eigenvalue weighted by atomic mass is 9.96. The Bertz CT molecular complexity index is 404. The lowest BCUT2D eigenvalue weighted by Gasteiger charge is -2.41. The number of ether oxygens (including phenoxy) is 1. The van der Waals surface area contributed by atoms with E-state index in [0.29, 0.717) is 12.1 Å². The largest absolute Gasteiger partial charge is 0.378 e. The first-order valence-electron chi connectivity index (χ1n) is 7.85. The van der Waals surface area contributed by atoms with Gasteiger partial charge in [-0.25, -0.2) is 0 Å². The minimum atomic E-state index is 0.0630. The van der Waals surface area contributed by atoms with Crippen molar-refractivity contribution in [3.63, 3.8) is 0 Å². The molecule has 1 aromatic carbocycles. The third kappa shape index (κ3) is 3.40. The molecule has 112 valence electrons. The molecule has 0 radical (unpaired) electrons. The SMILES string of the molecule is CCc1ccc(C(N)C(C)N2CCOCC2CC)cc1. The van der Waals surface area contributed by atoms with E-state index in [0.717, 1.165) is 32.6 Å². The maximum absolute atomic E-state index is 6.50. The van der Waals surface area contributed by atoms with Gasteiger partial charge in [0.25, 0.3) is 0 Å². The Morgan fingerprint density at radius 1 is 1.30 bits per heavy atom. The molecule has 1 heterocycles. The molecule has 3 unspecified atom stereocenters. The molecule has 1 fully saturated rings. The minimum absolute atomic E-state index is 0.0630. The lowest BCUT2D eigenvalue weighted by molar-refractivity contribution is -0.0314. The number of nitrogens with zero attached hydrogens (tertiary/aromatic N) is 1. The number of benzene rings is 1. The van der Waals surface area contributed by atoms with Gasteiger partial charge in [-0.3, -0.25) is 4.90 Å². The summed E-state index contributed by atoms with van der Waals surface area (Å²) < 4.78 is 5.59. The number of hydrogen-bond donors (Lipinski definition) is 1. The molecule has 0 saturated carbocycles. The van der Waals surface area contributed by atoms with Gasteiger partial charge in [0.1, 0.15) is 0 Å². The topological polar surface area (TPSA) is 38.5 Å². The molecule has 0 spiro atoms. The number of rotatable bonds is 5. The molecule has 1 aliphatic rings. The summed E-state index contributed by atoms with van der Waals surface area (Å²) in [5.74, 6) is 0. The molecule has 3 heteroatoms. The highest BCUT2D eigenvalue weighted by atomic mass is 16.5. The molecule has 3 atom stereocenters. The minimum Gasteiger partial charge on any atom is -0.378 e. The van der Waals surface area contributed by atoms with Gasteiger partial charge < -0.3 is 10.5 Å². The lowest BCUT2D eigenvalue weighted by Crippen LogP contribution is -2.52. The summed E-state index contributed by atoms with van der Waals surface area (Å²) in [7, 11) is 0. The second-order valence-electron chi connectivity index (χ2n) is 5.74. The Kier molecular flexibility index (Phi) is 5.58. The maximum Gasteiger partial charge on any atom is 0.0622 e. The molecule has 0 aromatic heterocycles. The van der Waals surface area contributed by atoms with Crippen LogP contribution in [0.25, 0.3) is 0 Å². The number of nitrogens with two attached hydrogens (primary N) is 1. The molecule has 0 aliphatic carbocycles. The van der Waals surface area contributed by atoms with E-state index in [-0.39, 0.29) is 6.04 Å². The van der Waals surface area contributed by atoms with Crippen LogP contribution in [-0.4, -0.2) is 36.7 Å². The Labute approximate surface area is 123 Å². The van der Waals surface area contributed by atoms with E-state index in [2.05, 4.69) is 49.9 Å². The first-order valence-corrected chi connectivity index (χ1v) is 7.85. The first-order chi connectivity index (χ1) is 9.67. The molecule has 20 heavy (non-hydrogen) atoms. The van der Waals surface area contributed by atoms with E-state index in [9.17, 15) is 0 Å². The van der Waals surface area contributed by atoms with Crippen LogP contribution in [0.2, 0.25) is 0 Å². The van der Waals surface area contributed by atoms with Crippen molar-refractivity contribution in [3.05, 3.63) is 35.4 Å². The van der Waals surface area contributed by atoms with Crippen LogP contribution in [0.5, 0.6) is 0 Å². The maximum atomic E-state index is 6.50. The number of morpholine rings is 1. The normalized spacial score (nSPS) is 23.5. The predicted octanol–water partition coefficient (Wildman–Crippen LogP) is 2.75. The monoisotopic (exact) mass is 276 g/mol. The van der Waals surface area contributed by atoms with Crippen LogP contribution in [0.15, 0.2) is 24.3 Å². The molecule has 0 amide bonds. The van der Waals surface area contributed by atoms with Crippen molar-refractivity contribution in [3.8, 4) is 0 Å². The van der Waals surface area contributed by atoms with Crippen LogP contribution < -0.4 is 5.73 Å². The highest BCUT2D eigenvalue weighted by Crippen LogP contribution is 2.23. The average Bonchev–Trinajstić information content (AvgIpc) is 2.53. The van der Waals surface area contributed by atoms with Crippen molar-refractivity contribution < 1.29 is 4.74 Å². The van der Waals surface area contributed by atoms with Crippen LogP contribution in [0.3, 0.4) is 0 Å². The van der Waals surface area contributed by atoms with E-state index in [1.54, 1.807) is 0 Å². The zero-order valence-electron chi connectivity index (χ0n) is 13.0. The summed E-state index contributed by atoms with van der Waals surface area (Å²) in [6.07, 6.45) is 2.19. The number of hydrogen-bond acceptors (Lipinski definition) is 3. The van der Waals surface area contributed by atoms with Gasteiger partial charge in [-0.15, -0.1) is 0 Å². The summed E-state index contributed by atoms with van der Waals surface area (Å²) in [6.45, 7) is 9.29. The summed E-state index contributed by atoms with van der Waals surface area (Å²) in [5.41, 5.74) is 9.09. The van der Waals surface area contributed by atoms with Crippen molar-refractivity contribution in [2.45, 2.75) is 51.7 Å². The highest BCUT2D eigenvalue weighted by Gasteiger charge is 2.29. The molecular formula is C17H28N2O. The Hall–Kier alpha value is -0.900. The van der Waals surface area contributed by atoms with E-state index in [1.807, 2.05) is 0 Å². The van der Waals surface area contributed by atoms with E-state index < -0.39 is 0 Å². The second-order valence-corrected chi connectivity index (χ2v) is 5.74. The van der Waals surface area contributed by atoms with Crippen molar-refractivity contribution in [2.24, 2.45) is 5.73 Å². The third-order valence-corrected chi connectivity index (χ3v) is 4.56. The van der Waals surface area contributed by atoms with Crippen molar-refractivity contribution in [1.29, 1.82) is 0 Å². The standard InChI is InChI=1S/C17H28N2O/c1-4-14-6-8-15(9-7-14)17(18)13(3)19-10-11-20-12-16(19)5-2/h6-9,13,16-17H,4-5,10-12,18H2,1-3H3. The summed E-state index contributed by atoms with van der Waals surface area (Å²) >= 11 is 0. The van der Waals surface area contributed by atoms with Gasteiger partial charge in [-0.05, 0) is 30.9 Å². The third-order valence-electron chi connectivity index (χ3n) is 4.56. The van der Waals surface area contributed by atoms with Gasteiger partial charge in [0, 0.05) is 24.7 Å². The smallest absolute Gasteiger partial charge is 0.0622 e. The quantitative estimate of drug-likeness (QED) is 0.898. The molecule has 1 aliphatic heterocycles. The van der Waals surface area contributed by atoms with Crippen LogP contribution in [0, 0.1) is 0 Å². The molecule has 1 saturated heterocycles. The average molecular weight is 276 g/mol. The van der Waals surface area contributed by atoms with E-state index in [1.165, 1.54) is 11.1 Å². The van der Waals surface area contributed by atoms with Crippen LogP contribution in [-0.2, 0) is 11.2 Å². The first kappa shape index (κ1) is 15.5. The summed E-state index contributed by atoms with van der Waals surface area (Å²) in [6, 6.07) is 9.66. The second kappa shape index (κ2) is 7.21. The van der Waals surface area contributed by atoms with Crippen LogP contribution >= 0.6 is 0 Å². The molecule has 0 bridgehead atoms. The Morgan fingerprint density at radius 2 is 2.00 bits per heavy atom. The summed E-state index contributed by atoms with van der Waals surface area (Å²) in [5, 5.41) is 0. The van der Waals surface area contributed by atoms with Crippen molar-refractivity contribution in [1.82, 2.24) is 4.90 Å². The molecule has 3 nitrogen and oxygen atoms in total. The van der Waals surface area contributed by atoms with Gasteiger partial charge in [0.15, 0.2) is 0 Å². The molecule has 2 N–H and O–H groups in total.